The summed E-state index contributed by atoms with van der Waals surface area (Å²) in [5.74, 6) is -0.954. The van der Waals surface area contributed by atoms with Crippen molar-refractivity contribution in [3.8, 4) is 0 Å². The molecule has 112 valence electrons. The lowest BCUT2D eigenvalue weighted by Gasteiger charge is -2.21. The van der Waals surface area contributed by atoms with Crippen LogP contribution in [0.2, 0.25) is 0 Å². The van der Waals surface area contributed by atoms with E-state index in [-0.39, 0.29) is 32.2 Å². The summed E-state index contributed by atoms with van der Waals surface area (Å²) in [6, 6.07) is 0. The highest BCUT2D eigenvalue weighted by Gasteiger charge is 2.27. The van der Waals surface area contributed by atoms with E-state index in [9.17, 15) is 14.7 Å². The number of aliphatic hydroxyl groups excluding tert-OH is 1. The number of hydrogen-bond acceptors (Lipinski definition) is 5. The molecule has 0 saturated heterocycles. The number of ether oxygens (including phenoxy) is 2. The predicted octanol–water partition coefficient (Wildman–Crippen LogP) is 2.08. The molecule has 0 amide bonds. The summed E-state index contributed by atoms with van der Waals surface area (Å²) in [7, 11) is 0. The molecule has 0 rings (SSSR count). The van der Waals surface area contributed by atoms with Gasteiger partial charge in [0.1, 0.15) is 19.3 Å². The van der Waals surface area contributed by atoms with Gasteiger partial charge in [-0.15, -0.1) is 0 Å². The van der Waals surface area contributed by atoms with Gasteiger partial charge in [-0.3, -0.25) is 4.79 Å². The minimum atomic E-state index is -1.02. The summed E-state index contributed by atoms with van der Waals surface area (Å²) in [5, 5.41) is 9.48. The maximum Gasteiger partial charge on any atom is 0.333 e. The third-order valence-electron chi connectivity index (χ3n) is 2.60. The molecule has 5 heteroatoms. The van der Waals surface area contributed by atoms with Crippen molar-refractivity contribution in [1.29, 1.82) is 0 Å². The van der Waals surface area contributed by atoms with Crippen LogP contribution in [0.3, 0.4) is 0 Å². The molecule has 0 spiro atoms. The molecule has 1 N–H and O–H groups in total. The molecular formula is C14H26O5. The Morgan fingerprint density at radius 1 is 1.26 bits per heavy atom. The zero-order chi connectivity index (χ0) is 14.3. The number of rotatable bonds is 7. The van der Waals surface area contributed by atoms with Crippen molar-refractivity contribution in [3.63, 3.8) is 0 Å². The summed E-state index contributed by atoms with van der Waals surface area (Å²) in [6.07, 6.45) is -0.378. The highest BCUT2D eigenvalue weighted by atomic mass is 16.6. The van der Waals surface area contributed by atoms with E-state index >= 15 is 0 Å². The number of hydrogen-bond donors (Lipinski definition) is 1. The maximum absolute atomic E-state index is 11.6. The van der Waals surface area contributed by atoms with Crippen LogP contribution in [0.15, 0.2) is 12.2 Å². The second-order valence-electron chi connectivity index (χ2n) is 4.87. The van der Waals surface area contributed by atoms with E-state index in [0.29, 0.717) is 6.42 Å². The fourth-order valence-corrected chi connectivity index (χ4v) is 0.855. The van der Waals surface area contributed by atoms with Crippen molar-refractivity contribution in [2.75, 3.05) is 13.2 Å². The van der Waals surface area contributed by atoms with E-state index in [1.165, 1.54) is 6.92 Å². The smallest absolute Gasteiger partial charge is 0.333 e. The quantitative estimate of drug-likeness (QED) is 0.568. The van der Waals surface area contributed by atoms with E-state index < -0.39 is 17.5 Å². The summed E-state index contributed by atoms with van der Waals surface area (Å²) < 4.78 is 9.68. The van der Waals surface area contributed by atoms with Crippen LogP contribution in [-0.2, 0) is 19.1 Å². The van der Waals surface area contributed by atoms with Gasteiger partial charge in [0.25, 0.3) is 0 Å². The van der Waals surface area contributed by atoms with Crippen LogP contribution in [0, 0.1) is 5.41 Å². The Bertz CT molecular complexity index is 320. The molecule has 19 heavy (non-hydrogen) atoms. The van der Waals surface area contributed by atoms with Crippen molar-refractivity contribution in [3.05, 3.63) is 12.2 Å². The lowest BCUT2D eigenvalue weighted by Crippen LogP contribution is -2.31. The van der Waals surface area contributed by atoms with Gasteiger partial charge in [0.15, 0.2) is 0 Å². The Kier molecular flexibility index (Phi) is 9.13. The van der Waals surface area contributed by atoms with E-state index in [4.69, 9.17) is 9.47 Å². The van der Waals surface area contributed by atoms with Crippen molar-refractivity contribution < 1.29 is 24.2 Å². The van der Waals surface area contributed by atoms with Gasteiger partial charge in [0.2, 0.25) is 0 Å². The zero-order valence-corrected chi connectivity index (χ0v) is 11.5. The van der Waals surface area contributed by atoms with E-state index in [1.807, 2.05) is 6.92 Å². The van der Waals surface area contributed by atoms with E-state index in [0.717, 1.165) is 0 Å². The van der Waals surface area contributed by atoms with Gasteiger partial charge in [-0.05, 0) is 27.2 Å². The number of carbonyl (C=O) groups excluding carboxylic acids is 2. The largest absolute Gasteiger partial charge is 0.462 e. The summed E-state index contributed by atoms with van der Waals surface area (Å²) in [4.78, 5) is 22.6. The SMILES string of the molecule is C.C=C(C)C(=O)OCC(O)COC(=O)C(C)(C)CC. The molecule has 1 unspecified atom stereocenters. The van der Waals surface area contributed by atoms with Gasteiger partial charge in [0.05, 0.1) is 5.41 Å². The van der Waals surface area contributed by atoms with Crippen LogP contribution >= 0.6 is 0 Å². The summed E-state index contributed by atoms with van der Waals surface area (Å²) in [6.45, 7) is 9.93. The predicted molar refractivity (Wildman–Crippen MR) is 73.5 cm³/mol. The van der Waals surface area contributed by atoms with Crippen molar-refractivity contribution in [2.24, 2.45) is 5.41 Å². The van der Waals surface area contributed by atoms with E-state index in [1.54, 1.807) is 13.8 Å². The second kappa shape index (κ2) is 8.69. The lowest BCUT2D eigenvalue weighted by molar-refractivity contribution is -0.159. The molecule has 0 radical (unpaired) electrons. The molecule has 0 fully saturated rings. The van der Waals surface area contributed by atoms with Gasteiger partial charge in [-0.25, -0.2) is 4.79 Å². The zero-order valence-electron chi connectivity index (χ0n) is 11.5. The van der Waals surface area contributed by atoms with Crippen molar-refractivity contribution >= 4 is 11.9 Å². The van der Waals surface area contributed by atoms with Gasteiger partial charge in [-0.2, -0.15) is 0 Å². The second-order valence-corrected chi connectivity index (χ2v) is 4.87. The fourth-order valence-electron chi connectivity index (χ4n) is 0.855. The average Bonchev–Trinajstić information content (AvgIpc) is 2.32. The lowest BCUT2D eigenvalue weighted by atomic mass is 9.91. The monoisotopic (exact) mass is 274 g/mol. The van der Waals surface area contributed by atoms with Gasteiger partial charge >= 0.3 is 11.9 Å². The van der Waals surface area contributed by atoms with E-state index in [2.05, 4.69) is 6.58 Å². The minimum absolute atomic E-state index is 0. The first kappa shape index (κ1) is 20.0. The topological polar surface area (TPSA) is 72.8 Å². The summed E-state index contributed by atoms with van der Waals surface area (Å²) in [5.41, 5.74) is -0.319. The Labute approximate surface area is 115 Å². The maximum atomic E-state index is 11.6. The molecule has 0 aromatic rings. The fraction of sp³-hybridized carbons (Fsp3) is 0.714. The molecule has 0 aliphatic carbocycles. The van der Waals surface area contributed by atoms with Crippen LogP contribution in [-0.4, -0.2) is 36.4 Å². The molecule has 0 aromatic carbocycles. The van der Waals surface area contributed by atoms with Crippen LogP contribution in [0.4, 0.5) is 0 Å². The Morgan fingerprint density at radius 3 is 2.16 bits per heavy atom. The number of carbonyl (C=O) groups is 2. The first-order valence-corrected chi connectivity index (χ1v) is 5.88. The number of esters is 2. The summed E-state index contributed by atoms with van der Waals surface area (Å²) >= 11 is 0. The first-order valence-electron chi connectivity index (χ1n) is 5.88. The molecule has 0 aromatic heterocycles. The molecule has 5 nitrogen and oxygen atoms in total. The molecule has 0 bridgehead atoms. The van der Waals surface area contributed by atoms with Gasteiger partial charge in [-0.1, -0.05) is 20.9 Å². The third-order valence-corrected chi connectivity index (χ3v) is 2.60. The minimum Gasteiger partial charge on any atom is -0.462 e. The molecule has 0 aliphatic rings. The average molecular weight is 274 g/mol. The normalized spacial score (nSPS) is 12.1. The first-order chi connectivity index (χ1) is 8.20. The molecular weight excluding hydrogens is 248 g/mol. The Morgan fingerprint density at radius 2 is 1.74 bits per heavy atom. The third kappa shape index (κ3) is 7.62. The highest BCUT2D eigenvalue weighted by Crippen LogP contribution is 2.21. The standard InChI is InChI=1S/C13H22O5.CH4/c1-6-13(4,5)12(16)18-8-10(14)7-17-11(15)9(2)3;/h10,14H,2,6-8H2,1,3-5H3;1H4. The molecule has 0 saturated carbocycles. The highest BCUT2D eigenvalue weighted by molar-refractivity contribution is 5.86. The Hall–Kier alpha value is -1.36. The Balaban J connectivity index is 0. The van der Waals surface area contributed by atoms with Gasteiger partial charge in [0, 0.05) is 5.57 Å². The molecule has 0 heterocycles. The molecule has 0 aliphatic heterocycles. The van der Waals surface area contributed by atoms with Crippen LogP contribution in [0.5, 0.6) is 0 Å². The van der Waals surface area contributed by atoms with Crippen LogP contribution in [0.1, 0.15) is 41.5 Å². The van der Waals surface area contributed by atoms with Crippen molar-refractivity contribution in [1.82, 2.24) is 0 Å². The molecule has 1 atom stereocenters. The van der Waals surface area contributed by atoms with Crippen LogP contribution < -0.4 is 0 Å². The van der Waals surface area contributed by atoms with Crippen molar-refractivity contribution in [2.45, 2.75) is 47.6 Å². The number of aliphatic hydroxyl groups is 1. The van der Waals surface area contributed by atoms with Crippen LogP contribution in [0.25, 0.3) is 0 Å². The van der Waals surface area contributed by atoms with Gasteiger partial charge < -0.3 is 14.6 Å².